The molecule has 1 saturated heterocycles. The molecule has 0 atom stereocenters. The van der Waals surface area contributed by atoms with Gasteiger partial charge in [-0.15, -0.1) is 0 Å². The largest absolute Gasteiger partial charge is 0.335 e. The molecule has 0 radical (unpaired) electrons. The molecule has 0 saturated carbocycles. The van der Waals surface area contributed by atoms with E-state index in [9.17, 15) is 18.0 Å². The number of amides is 3. The van der Waals surface area contributed by atoms with Crippen LogP contribution in [0.25, 0.3) is 0 Å². The molecule has 2 aromatic carbocycles. The van der Waals surface area contributed by atoms with Gasteiger partial charge in [-0.1, -0.05) is 23.8 Å². The predicted molar refractivity (Wildman–Crippen MR) is 129 cm³/mol. The Morgan fingerprint density at radius 3 is 2.06 bits per heavy atom. The number of nitrogens with one attached hydrogen (secondary N) is 1. The van der Waals surface area contributed by atoms with Crippen LogP contribution in [0.15, 0.2) is 47.4 Å². The first kappa shape index (κ1) is 24.6. The molecule has 0 unspecified atom stereocenters. The van der Waals surface area contributed by atoms with Gasteiger partial charge in [0.15, 0.2) is 0 Å². The number of aryl methyl sites for hydroxylation is 2. The molecule has 33 heavy (non-hydrogen) atoms. The van der Waals surface area contributed by atoms with E-state index in [1.54, 1.807) is 39.8 Å². The van der Waals surface area contributed by atoms with E-state index in [0.29, 0.717) is 56.1 Å². The van der Waals surface area contributed by atoms with E-state index in [2.05, 4.69) is 4.72 Å². The van der Waals surface area contributed by atoms with Crippen molar-refractivity contribution in [2.24, 2.45) is 0 Å². The van der Waals surface area contributed by atoms with Crippen molar-refractivity contribution < 1.29 is 18.0 Å². The molecular weight excluding hydrogens is 440 g/mol. The smallest absolute Gasteiger partial charge is 0.320 e. The molecule has 1 aliphatic rings. The van der Waals surface area contributed by atoms with Crippen LogP contribution in [0, 0.1) is 13.8 Å². The van der Waals surface area contributed by atoms with Gasteiger partial charge >= 0.3 is 6.03 Å². The summed E-state index contributed by atoms with van der Waals surface area (Å²) in [5.74, 6) is -0.227. The molecule has 3 amide bonds. The lowest BCUT2D eigenvalue weighted by Crippen LogP contribution is -2.54. The van der Waals surface area contributed by atoms with E-state index in [1.165, 1.54) is 12.1 Å². The number of carbonyl (C=O) groups is 2. The average Bonchev–Trinajstić information content (AvgIpc) is 2.81. The third-order valence-corrected chi connectivity index (χ3v) is 7.30. The second-order valence-corrected chi connectivity index (χ2v) is 9.86. The summed E-state index contributed by atoms with van der Waals surface area (Å²) in [7, 11) is -3.84. The van der Waals surface area contributed by atoms with Gasteiger partial charge in [0.1, 0.15) is 0 Å². The van der Waals surface area contributed by atoms with E-state index in [4.69, 9.17) is 0 Å². The SMILES string of the molecule is CCN(CC)C(=O)N1CCN(C(=O)c2cc(S(=O)(=O)Nc3ccc(C)cc3)ccc2C)CC1. The minimum atomic E-state index is -3.84. The Kier molecular flexibility index (Phi) is 7.63. The van der Waals surface area contributed by atoms with Gasteiger partial charge in [0.25, 0.3) is 15.9 Å². The molecule has 0 aliphatic carbocycles. The zero-order valence-corrected chi connectivity index (χ0v) is 20.5. The molecule has 8 nitrogen and oxygen atoms in total. The molecule has 2 aromatic rings. The fourth-order valence-corrected chi connectivity index (χ4v) is 4.88. The average molecular weight is 473 g/mol. The summed E-state index contributed by atoms with van der Waals surface area (Å²) in [5, 5.41) is 0. The molecule has 0 aromatic heterocycles. The van der Waals surface area contributed by atoms with Crippen LogP contribution in [0.2, 0.25) is 0 Å². The first-order chi connectivity index (χ1) is 15.7. The van der Waals surface area contributed by atoms with Crippen molar-refractivity contribution in [2.75, 3.05) is 44.0 Å². The number of benzene rings is 2. The summed E-state index contributed by atoms with van der Waals surface area (Å²) in [6.45, 7) is 10.6. The fourth-order valence-electron chi connectivity index (χ4n) is 3.80. The Bertz CT molecular complexity index is 1100. The minimum Gasteiger partial charge on any atom is -0.335 e. The van der Waals surface area contributed by atoms with Gasteiger partial charge in [0.2, 0.25) is 0 Å². The van der Waals surface area contributed by atoms with Crippen molar-refractivity contribution in [1.29, 1.82) is 0 Å². The number of sulfonamides is 1. The topological polar surface area (TPSA) is 90.0 Å². The number of carbonyl (C=O) groups excluding carboxylic acids is 2. The van der Waals surface area contributed by atoms with Crippen LogP contribution in [0.3, 0.4) is 0 Å². The number of hydrogen-bond donors (Lipinski definition) is 1. The molecule has 0 spiro atoms. The van der Waals surface area contributed by atoms with Crippen LogP contribution in [0.4, 0.5) is 10.5 Å². The normalized spacial score (nSPS) is 14.2. The molecule has 1 heterocycles. The summed E-state index contributed by atoms with van der Waals surface area (Å²) in [6, 6.07) is 11.6. The number of nitrogens with zero attached hydrogens (tertiary/aromatic N) is 3. The van der Waals surface area contributed by atoms with Crippen LogP contribution in [0.1, 0.15) is 35.3 Å². The minimum absolute atomic E-state index is 0.0152. The van der Waals surface area contributed by atoms with Gasteiger partial charge in [0, 0.05) is 50.5 Å². The second-order valence-electron chi connectivity index (χ2n) is 8.18. The first-order valence-electron chi connectivity index (χ1n) is 11.2. The van der Waals surface area contributed by atoms with Gasteiger partial charge in [-0.25, -0.2) is 13.2 Å². The highest BCUT2D eigenvalue weighted by Gasteiger charge is 2.28. The van der Waals surface area contributed by atoms with E-state index in [-0.39, 0.29) is 16.8 Å². The van der Waals surface area contributed by atoms with E-state index in [0.717, 1.165) is 5.56 Å². The van der Waals surface area contributed by atoms with Crippen molar-refractivity contribution in [2.45, 2.75) is 32.6 Å². The number of hydrogen-bond acceptors (Lipinski definition) is 4. The Hall–Kier alpha value is -3.07. The zero-order chi connectivity index (χ0) is 24.2. The lowest BCUT2D eigenvalue weighted by atomic mass is 10.1. The zero-order valence-electron chi connectivity index (χ0n) is 19.7. The fraction of sp³-hybridized carbons (Fsp3) is 0.417. The highest BCUT2D eigenvalue weighted by atomic mass is 32.2. The lowest BCUT2D eigenvalue weighted by molar-refractivity contribution is 0.0640. The van der Waals surface area contributed by atoms with Crippen molar-refractivity contribution in [3.8, 4) is 0 Å². The van der Waals surface area contributed by atoms with Gasteiger partial charge < -0.3 is 14.7 Å². The number of urea groups is 1. The summed E-state index contributed by atoms with van der Waals surface area (Å²) in [6.07, 6.45) is 0. The second kappa shape index (κ2) is 10.2. The van der Waals surface area contributed by atoms with Gasteiger partial charge in [0.05, 0.1) is 4.90 Å². The Labute approximate surface area is 196 Å². The van der Waals surface area contributed by atoms with Crippen molar-refractivity contribution in [3.63, 3.8) is 0 Å². The molecule has 1 aliphatic heterocycles. The molecule has 0 bridgehead atoms. The summed E-state index contributed by atoms with van der Waals surface area (Å²) in [5.41, 5.74) is 2.55. The summed E-state index contributed by atoms with van der Waals surface area (Å²) in [4.78, 5) is 31.0. The quantitative estimate of drug-likeness (QED) is 0.698. The Morgan fingerprint density at radius 2 is 1.48 bits per heavy atom. The molecule has 1 fully saturated rings. The summed E-state index contributed by atoms with van der Waals surface area (Å²) >= 11 is 0. The van der Waals surface area contributed by atoms with E-state index < -0.39 is 10.0 Å². The lowest BCUT2D eigenvalue weighted by Gasteiger charge is -2.37. The van der Waals surface area contributed by atoms with E-state index in [1.807, 2.05) is 32.9 Å². The monoisotopic (exact) mass is 472 g/mol. The maximum absolute atomic E-state index is 13.2. The summed E-state index contributed by atoms with van der Waals surface area (Å²) < 4.78 is 28.4. The number of piperazine rings is 1. The third kappa shape index (κ3) is 5.65. The van der Waals surface area contributed by atoms with Crippen LogP contribution >= 0.6 is 0 Å². The van der Waals surface area contributed by atoms with Crippen molar-refractivity contribution >= 4 is 27.6 Å². The third-order valence-electron chi connectivity index (χ3n) is 5.92. The first-order valence-corrected chi connectivity index (χ1v) is 12.7. The maximum Gasteiger partial charge on any atom is 0.320 e. The van der Waals surface area contributed by atoms with Crippen LogP contribution in [0.5, 0.6) is 0 Å². The van der Waals surface area contributed by atoms with Crippen molar-refractivity contribution in [1.82, 2.24) is 14.7 Å². The number of anilines is 1. The predicted octanol–water partition coefficient (Wildman–Crippen LogP) is 3.32. The van der Waals surface area contributed by atoms with E-state index >= 15 is 0 Å². The molecule has 1 N–H and O–H groups in total. The highest BCUT2D eigenvalue weighted by molar-refractivity contribution is 7.92. The standard InChI is InChI=1S/C24H32N4O4S/c1-5-26(6-2)24(30)28-15-13-27(14-16-28)23(29)22-17-21(12-9-19(22)4)33(31,32)25-20-10-7-18(3)8-11-20/h7-12,17,25H,5-6,13-16H2,1-4H3. The molecule has 9 heteroatoms. The molecule has 178 valence electrons. The maximum atomic E-state index is 13.2. The Balaban J connectivity index is 1.73. The van der Waals surface area contributed by atoms with Crippen LogP contribution in [-0.2, 0) is 10.0 Å². The van der Waals surface area contributed by atoms with Gasteiger partial charge in [-0.05, 0) is 57.5 Å². The molecular formula is C24H32N4O4S. The van der Waals surface area contributed by atoms with Crippen molar-refractivity contribution in [3.05, 3.63) is 59.2 Å². The van der Waals surface area contributed by atoms with Gasteiger partial charge in [-0.2, -0.15) is 0 Å². The van der Waals surface area contributed by atoms with Gasteiger partial charge in [-0.3, -0.25) is 9.52 Å². The number of rotatable bonds is 6. The molecule has 3 rings (SSSR count). The van der Waals surface area contributed by atoms with Crippen LogP contribution in [-0.4, -0.2) is 74.3 Å². The van der Waals surface area contributed by atoms with Crippen LogP contribution < -0.4 is 4.72 Å². The highest BCUT2D eigenvalue weighted by Crippen LogP contribution is 2.21. The Morgan fingerprint density at radius 1 is 0.909 bits per heavy atom.